The van der Waals surface area contributed by atoms with Gasteiger partial charge in [-0.05, 0) is 36.8 Å². The molecule has 6 rings (SSSR count). The second kappa shape index (κ2) is 5.57. The molecule has 4 fully saturated rings. The number of benzene rings is 2. The van der Waals surface area contributed by atoms with E-state index in [2.05, 4.69) is 0 Å². The van der Waals surface area contributed by atoms with E-state index in [0.717, 1.165) is 16.5 Å². The number of ether oxygens (including phenoxy) is 3. The van der Waals surface area contributed by atoms with Gasteiger partial charge >= 0.3 is 5.97 Å². The van der Waals surface area contributed by atoms with Crippen molar-refractivity contribution in [2.45, 2.75) is 18.8 Å². The molecule has 0 amide bonds. The van der Waals surface area contributed by atoms with Gasteiger partial charge in [0, 0.05) is 16.7 Å². The maximum absolute atomic E-state index is 14.4. The van der Waals surface area contributed by atoms with Crippen LogP contribution in [-0.4, -0.2) is 32.2 Å². The highest BCUT2D eigenvalue weighted by Crippen LogP contribution is 2.84. The molecule has 4 aliphatic carbocycles. The van der Waals surface area contributed by atoms with Gasteiger partial charge in [-0.15, -0.1) is 0 Å². The van der Waals surface area contributed by atoms with Crippen LogP contribution in [0, 0.1) is 23.2 Å². The molecule has 0 radical (unpaired) electrons. The molecule has 4 nitrogen and oxygen atoms in total. The molecular weight excluding hydrogens is 354 g/mol. The zero-order chi connectivity index (χ0) is 18.8. The lowest BCUT2D eigenvalue weighted by atomic mass is 9.99. The summed E-state index contributed by atoms with van der Waals surface area (Å²) in [5.41, 5.74) is -1.54. The second-order valence-electron chi connectivity index (χ2n) is 7.67. The Bertz CT molecular complexity index is 914. The summed E-state index contributed by atoms with van der Waals surface area (Å²) in [6.07, 6.45) is 0.919. The van der Waals surface area contributed by atoms with Gasteiger partial charge in [-0.25, -0.2) is 8.78 Å². The predicted molar refractivity (Wildman–Crippen MR) is 94.0 cm³/mol. The molecule has 142 valence electrons. The lowest BCUT2D eigenvalue weighted by Gasteiger charge is -2.21. The van der Waals surface area contributed by atoms with Gasteiger partial charge in [-0.3, -0.25) is 4.79 Å². The smallest absolute Gasteiger partial charge is 0.318 e. The molecule has 6 heteroatoms. The number of hydrogen-bond acceptors (Lipinski definition) is 4. The Hall–Kier alpha value is -2.37. The van der Waals surface area contributed by atoms with Crippen molar-refractivity contribution in [1.29, 1.82) is 0 Å². The number of halogens is 2. The summed E-state index contributed by atoms with van der Waals surface area (Å²) in [6, 6.07) is 11.3. The number of esters is 1. The minimum atomic E-state index is -2.91. The zero-order valence-corrected chi connectivity index (χ0v) is 14.9. The lowest BCUT2D eigenvalue weighted by molar-refractivity contribution is -0.168. The number of rotatable bonds is 6. The first-order chi connectivity index (χ1) is 13.0. The molecule has 0 aromatic heterocycles. The van der Waals surface area contributed by atoms with E-state index in [1.807, 2.05) is 30.3 Å². The average molecular weight is 374 g/mol. The summed E-state index contributed by atoms with van der Waals surface area (Å²) >= 11 is 0. The molecule has 0 N–H and O–H groups in total. The lowest BCUT2D eigenvalue weighted by Crippen LogP contribution is -2.37. The Morgan fingerprint density at radius 3 is 2.26 bits per heavy atom. The summed E-state index contributed by atoms with van der Waals surface area (Å²) in [4.78, 5) is 12.4. The van der Waals surface area contributed by atoms with Crippen LogP contribution in [0.4, 0.5) is 8.78 Å². The van der Waals surface area contributed by atoms with Crippen molar-refractivity contribution in [3.05, 3.63) is 36.4 Å². The van der Waals surface area contributed by atoms with Crippen molar-refractivity contribution < 1.29 is 27.8 Å². The van der Waals surface area contributed by atoms with E-state index in [9.17, 15) is 13.6 Å². The Morgan fingerprint density at radius 2 is 1.67 bits per heavy atom. The van der Waals surface area contributed by atoms with E-state index in [-0.39, 0.29) is 25.0 Å². The molecule has 4 saturated carbocycles. The predicted octanol–water partition coefficient (Wildman–Crippen LogP) is 4.06. The molecule has 4 aliphatic rings. The molecule has 0 spiro atoms. The molecule has 27 heavy (non-hydrogen) atoms. The van der Waals surface area contributed by atoms with Crippen LogP contribution in [0.25, 0.3) is 10.8 Å². The summed E-state index contributed by atoms with van der Waals surface area (Å²) in [6.45, 7) is 0.0730. The van der Waals surface area contributed by atoms with Gasteiger partial charge in [0.25, 0.3) is 5.92 Å². The fourth-order valence-electron chi connectivity index (χ4n) is 5.47. The molecule has 2 aromatic rings. The monoisotopic (exact) mass is 374 g/mol. The zero-order valence-electron chi connectivity index (χ0n) is 14.9. The molecule has 0 aliphatic heterocycles. The minimum absolute atomic E-state index is 0.0405. The van der Waals surface area contributed by atoms with Crippen LogP contribution in [0.5, 0.6) is 11.5 Å². The van der Waals surface area contributed by atoms with Gasteiger partial charge in [-0.2, -0.15) is 0 Å². The molecule has 0 heterocycles. The van der Waals surface area contributed by atoms with Gasteiger partial charge in [0.1, 0.15) is 30.1 Å². The molecule has 4 bridgehead atoms. The first kappa shape index (κ1) is 16.8. The third kappa shape index (κ3) is 2.04. The largest absolute Gasteiger partial charge is 0.496 e. The maximum atomic E-state index is 14.4. The third-order valence-electron chi connectivity index (χ3n) is 6.66. The fourth-order valence-corrected chi connectivity index (χ4v) is 5.47. The number of alkyl halides is 2. The van der Waals surface area contributed by atoms with Gasteiger partial charge in [0.05, 0.1) is 7.11 Å². The van der Waals surface area contributed by atoms with E-state index in [1.54, 1.807) is 13.2 Å². The van der Waals surface area contributed by atoms with Crippen molar-refractivity contribution in [3.8, 4) is 11.5 Å². The van der Waals surface area contributed by atoms with Crippen LogP contribution in [0.3, 0.4) is 0 Å². The van der Waals surface area contributed by atoms with Crippen LogP contribution in [0.1, 0.15) is 12.8 Å². The van der Waals surface area contributed by atoms with Crippen LogP contribution >= 0.6 is 0 Å². The average Bonchev–Trinajstić information content (AvgIpc) is 2.90. The Labute approximate surface area is 155 Å². The second-order valence-corrected chi connectivity index (χ2v) is 7.67. The summed E-state index contributed by atoms with van der Waals surface area (Å²) in [7, 11) is 1.61. The van der Waals surface area contributed by atoms with E-state index >= 15 is 0 Å². The van der Waals surface area contributed by atoms with Gasteiger partial charge < -0.3 is 14.2 Å². The molecule has 2 aromatic carbocycles. The number of fused-ring (bicyclic) bond motifs is 1. The maximum Gasteiger partial charge on any atom is 0.318 e. The van der Waals surface area contributed by atoms with Gasteiger partial charge in [0.15, 0.2) is 0 Å². The Balaban J connectivity index is 1.23. The van der Waals surface area contributed by atoms with Gasteiger partial charge in [-0.1, -0.05) is 24.3 Å². The third-order valence-corrected chi connectivity index (χ3v) is 6.66. The Morgan fingerprint density at radius 1 is 1.04 bits per heavy atom. The number of carbonyl (C=O) groups is 1. The highest BCUT2D eigenvalue weighted by Gasteiger charge is 2.92. The standard InChI is InChI=1S/C21H20F2O4/c1-25-17-6-7-18(14-5-3-2-4-13(14)17)26-8-9-27-19(24)20-15-10-12(11-16(15)20)21(20,22)23/h2-7,12,15-16H,8-11H2,1H3. The van der Waals surface area contributed by atoms with Crippen molar-refractivity contribution >= 4 is 16.7 Å². The van der Waals surface area contributed by atoms with Crippen molar-refractivity contribution in [3.63, 3.8) is 0 Å². The normalized spacial score (nSPS) is 31.7. The SMILES string of the molecule is COc1ccc(OCCOC(=O)C23C4CC(CC42)C3(F)F)c2ccccc12. The molecule has 2 unspecified atom stereocenters. The topological polar surface area (TPSA) is 44.8 Å². The van der Waals surface area contributed by atoms with E-state index in [1.165, 1.54) is 0 Å². The number of carbonyl (C=O) groups excluding carboxylic acids is 1. The summed E-state index contributed by atoms with van der Waals surface area (Å²) in [5.74, 6) is -3.28. The van der Waals surface area contributed by atoms with Crippen LogP contribution in [0.15, 0.2) is 36.4 Å². The van der Waals surface area contributed by atoms with Crippen molar-refractivity contribution in [2.24, 2.45) is 23.2 Å². The van der Waals surface area contributed by atoms with Crippen molar-refractivity contribution in [2.75, 3.05) is 20.3 Å². The highest BCUT2D eigenvalue weighted by atomic mass is 19.3. The highest BCUT2D eigenvalue weighted by molar-refractivity contribution is 5.93. The van der Waals surface area contributed by atoms with Crippen LogP contribution in [0.2, 0.25) is 0 Å². The summed E-state index contributed by atoms with van der Waals surface area (Å²) < 4.78 is 45.1. The first-order valence-electron chi connectivity index (χ1n) is 9.25. The minimum Gasteiger partial charge on any atom is -0.496 e. The van der Waals surface area contributed by atoms with E-state index in [0.29, 0.717) is 18.6 Å². The molecule has 0 saturated heterocycles. The molecule has 2 atom stereocenters. The van der Waals surface area contributed by atoms with Gasteiger partial charge in [0.2, 0.25) is 0 Å². The van der Waals surface area contributed by atoms with Crippen LogP contribution < -0.4 is 9.47 Å². The molecular formula is C21H20F2O4. The first-order valence-corrected chi connectivity index (χ1v) is 9.25. The van der Waals surface area contributed by atoms with Crippen molar-refractivity contribution in [1.82, 2.24) is 0 Å². The number of hydrogen-bond donors (Lipinski definition) is 0. The van der Waals surface area contributed by atoms with Crippen LogP contribution in [-0.2, 0) is 9.53 Å². The summed E-state index contributed by atoms with van der Waals surface area (Å²) in [5, 5.41) is 1.80. The fraction of sp³-hybridized carbons (Fsp3) is 0.476. The quantitative estimate of drug-likeness (QED) is 0.565. The van der Waals surface area contributed by atoms with E-state index in [4.69, 9.17) is 14.2 Å². The Kier molecular flexibility index (Phi) is 3.46. The number of methoxy groups -OCH3 is 1. The van der Waals surface area contributed by atoms with E-state index < -0.39 is 23.2 Å².